The number of anilines is 2. The van der Waals surface area contributed by atoms with Gasteiger partial charge in [0.1, 0.15) is 5.75 Å². The number of allylic oxidation sites excluding steroid dienone is 1. The van der Waals surface area contributed by atoms with E-state index in [9.17, 15) is 4.79 Å². The fraction of sp³-hybridized carbons (Fsp3) is 0.192. The second kappa shape index (κ2) is 8.12. The third-order valence-corrected chi connectivity index (χ3v) is 6.30. The number of para-hydroxylation sites is 3. The lowest BCUT2D eigenvalue weighted by Crippen LogP contribution is -2.27. The van der Waals surface area contributed by atoms with Gasteiger partial charge in [-0.3, -0.25) is 4.79 Å². The van der Waals surface area contributed by atoms with Crippen LogP contribution in [-0.2, 0) is 4.79 Å². The third kappa shape index (κ3) is 3.68. The molecule has 2 unspecified atom stereocenters. The molecule has 0 aromatic heterocycles. The van der Waals surface area contributed by atoms with E-state index in [0.29, 0.717) is 11.4 Å². The molecule has 4 nitrogen and oxygen atoms in total. The summed E-state index contributed by atoms with van der Waals surface area (Å²) in [6.45, 7) is 0. The standard InChI is InChI=1S/C26H23ClN2O2/c1-31-24-12-5-2-9-19(24)17-14-22-25(23(30)15-17)26(16-7-6-8-18(27)13-16)29-21-11-4-3-10-20(21)28-22/h2-13,17,26,28-29H,14-15H2,1H3. The molecule has 2 aliphatic rings. The third-order valence-electron chi connectivity index (χ3n) is 6.07. The predicted octanol–water partition coefficient (Wildman–Crippen LogP) is 6.33. The Labute approximate surface area is 186 Å². The summed E-state index contributed by atoms with van der Waals surface area (Å²) in [5, 5.41) is 7.81. The number of benzene rings is 3. The van der Waals surface area contributed by atoms with E-state index in [0.717, 1.165) is 45.9 Å². The van der Waals surface area contributed by atoms with Crippen molar-refractivity contribution in [2.24, 2.45) is 0 Å². The number of carbonyl (C=O) groups excluding carboxylic acids is 1. The Kier molecular flexibility index (Phi) is 5.16. The van der Waals surface area contributed by atoms with E-state index in [1.807, 2.05) is 66.7 Å². The summed E-state index contributed by atoms with van der Waals surface area (Å²) in [7, 11) is 1.67. The van der Waals surface area contributed by atoms with Gasteiger partial charge >= 0.3 is 0 Å². The minimum Gasteiger partial charge on any atom is -0.496 e. The highest BCUT2D eigenvalue weighted by molar-refractivity contribution is 6.30. The SMILES string of the molecule is COc1ccccc1C1CC(=O)C2=C(C1)Nc1ccccc1NC2c1cccc(Cl)c1. The molecule has 0 radical (unpaired) electrons. The van der Waals surface area contributed by atoms with Gasteiger partial charge in [-0.2, -0.15) is 0 Å². The number of halogens is 1. The Hall–Kier alpha value is -3.24. The summed E-state index contributed by atoms with van der Waals surface area (Å²) in [5.41, 5.74) is 5.70. The number of nitrogens with one attached hydrogen (secondary N) is 2. The van der Waals surface area contributed by atoms with E-state index >= 15 is 0 Å². The molecule has 1 aliphatic carbocycles. The van der Waals surface area contributed by atoms with Gasteiger partial charge < -0.3 is 15.4 Å². The predicted molar refractivity (Wildman–Crippen MR) is 125 cm³/mol. The molecule has 1 aliphatic heterocycles. The highest BCUT2D eigenvalue weighted by Crippen LogP contribution is 2.45. The summed E-state index contributed by atoms with van der Waals surface area (Å²) in [5.74, 6) is 1.01. The highest BCUT2D eigenvalue weighted by atomic mass is 35.5. The maximum Gasteiger partial charge on any atom is 0.163 e. The Balaban J connectivity index is 1.62. The number of carbonyl (C=O) groups is 1. The van der Waals surface area contributed by atoms with Crippen LogP contribution in [-0.4, -0.2) is 12.9 Å². The van der Waals surface area contributed by atoms with Gasteiger partial charge in [0.05, 0.1) is 24.5 Å². The van der Waals surface area contributed by atoms with Crippen LogP contribution >= 0.6 is 11.6 Å². The summed E-state index contributed by atoms with van der Waals surface area (Å²) >= 11 is 6.29. The monoisotopic (exact) mass is 430 g/mol. The van der Waals surface area contributed by atoms with Crippen molar-refractivity contribution in [2.75, 3.05) is 17.7 Å². The lowest BCUT2D eigenvalue weighted by Gasteiger charge is -2.30. The zero-order chi connectivity index (χ0) is 21.4. The molecule has 0 fully saturated rings. The van der Waals surface area contributed by atoms with Crippen LogP contribution in [0.5, 0.6) is 5.75 Å². The molecule has 3 aromatic carbocycles. The van der Waals surface area contributed by atoms with Crippen molar-refractivity contribution in [1.29, 1.82) is 0 Å². The molecule has 0 spiro atoms. The summed E-state index contributed by atoms with van der Waals surface area (Å²) in [6, 6.07) is 23.5. The zero-order valence-corrected chi connectivity index (χ0v) is 17.9. The Morgan fingerprint density at radius 2 is 1.71 bits per heavy atom. The Bertz CT molecular complexity index is 1190. The van der Waals surface area contributed by atoms with E-state index in [1.165, 1.54) is 0 Å². The smallest absolute Gasteiger partial charge is 0.163 e. The van der Waals surface area contributed by atoms with E-state index in [1.54, 1.807) is 7.11 Å². The molecular weight excluding hydrogens is 408 g/mol. The molecule has 1 heterocycles. The quantitative estimate of drug-likeness (QED) is 0.509. The molecule has 2 atom stereocenters. The van der Waals surface area contributed by atoms with E-state index in [2.05, 4.69) is 16.7 Å². The van der Waals surface area contributed by atoms with Crippen LogP contribution in [0.3, 0.4) is 0 Å². The summed E-state index contributed by atoms with van der Waals surface area (Å²) in [4.78, 5) is 13.6. The Morgan fingerprint density at radius 1 is 0.935 bits per heavy atom. The first-order valence-electron chi connectivity index (χ1n) is 10.4. The number of hydrogen-bond donors (Lipinski definition) is 2. The Morgan fingerprint density at radius 3 is 2.52 bits per heavy atom. The highest BCUT2D eigenvalue weighted by Gasteiger charge is 2.36. The first kappa shape index (κ1) is 19.7. The molecule has 5 rings (SSSR count). The topological polar surface area (TPSA) is 50.4 Å². The van der Waals surface area contributed by atoms with Crippen LogP contribution in [0.4, 0.5) is 11.4 Å². The van der Waals surface area contributed by atoms with Gasteiger partial charge in [-0.25, -0.2) is 0 Å². The molecule has 0 saturated carbocycles. The van der Waals surface area contributed by atoms with E-state index < -0.39 is 0 Å². The van der Waals surface area contributed by atoms with Gasteiger partial charge in [-0.05, 0) is 47.9 Å². The van der Waals surface area contributed by atoms with Crippen molar-refractivity contribution in [3.8, 4) is 5.75 Å². The van der Waals surface area contributed by atoms with Crippen LogP contribution in [0, 0.1) is 0 Å². The lowest BCUT2D eigenvalue weighted by molar-refractivity contribution is -0.116. The van der Waals surface area contributed by atoms with Gasteiger partial charge in [0.15, 0.2) is 5.78 Å². The van der Waals surface area contributed by atoms with E-state index in [-0.39, 0.29) is 17.7 Å². The molecule has 156 valence electrons. The molecule has 3 aromatic rings. The first-order valence-corrected chi connectivity index (χ1v) is 10.8. The molecule has 31 heavy (non-hydrogen) atoms. The van der Waals surface area contributed by atoms with Gasteiger partial charge in [-0.1, -0.05) is 54.1 Å². The van der Waals surface area contributed by atoms with Crippen LogP contribution in [0.25, 0.3) is 0 Å². The molecule has 5 heteroatoms. The number of Topliss-reactive ketones (excluding diaryl/α,β-unsaturated/α-hetero) is 1. The van der Waals surface area contributed by atoms with E-state index in [4.69, 9.17) is 16.3 Å². The fourth-order valence-electron chi connectivity index (χ4n) is 4.65. The van der Waals surface area contributed by atoms with Crippen LogP contribution in [0.2, 0.25) is 5.02 Å². The molecule has 0 saturated heterocycles. The number of methoxy groups -OCH3 is 1. The molecule has 0 amide bonds. The van der Waals surface area contributed by atoms with Gasteiger partial charge in [-0.15, -0.1) is 0 Å². The van der Waals surface area contributed by atoms with Gasteiger partial charge in [0.2, 0.25) is 0 Å². The number of rotatable bonds is 3. The minimum absolute atomic E-state index is 0.0557. The normalized spacial score (nSPS) is 20.1. The maximum absolute atomic E-state index is 13.6. The average Bonchev–Trinajstić information content (AvgIpc) is 2.96. The van der Waals surface area contributed by atoms with Gasteiger partial charge in [0.25, 0.3) is 0 Å². The van der Waals surface area contributed by atoms with Gasteiger partial charge in [0, 0.05) is 28.6 Å². The summed E-state index contributed by atoms with van der Waals surface area (Å²) in [6.07, 6.45) is 1.17. The maximum atomic E-state index is 13.6. The van der Waals surface area contributed by atoms with Crippen molar-refractivity contribution in [2.45, 2.75) is 24.8 Å². The zero-order valence-electron chi connectivity index (χ0n) is 17.2. The largest absolute Gasteiger partial charge is 0.496 e. The minimum atomic E-state index is -0.268. The van der Waals surface area contributed by atoms with Crippen molar-refractivity contribution >= 4 is 28.8 Å². The van der Waals surface area contributed by atoms with Crippen LogP contribution in [0.15, 0.2) is 84.1 Å². The number of ketones is 1. The first-order chi connectivity index (χ1) is 15.1. The second-order valence-corrected chi connectivity index (χ2v) is 8.40. The number of hydrogen-bond acceptors (Lipinski definition) is 4. The fourth-order valence-corrected chi connectivity index (χ4v) is 4.85. The number of ether oxygens (including phenoxy) is 1. The second-order valence-electron chi connectivity index (χ2n) is 7.97. The van der Waals surface area contributed by atoms with Crippen molar-refractivity contribution in [3.05, 3.63) is 100 Å². The molecule has 0 bridgehead atoms. The number of fused-ring (bicyclic) bond motifs is 1. The molecule has 2 N–H and O–H groups in total. The molecular formula is C26H23ClN2O2. The lowest BCUT2D eigenvalue weighted by atomic mass is 9.78. The average molecular weight is 431 g/mol. The van der Waals surface area contributed by atoms with Crippen LogP contribution in [0.1, 0.15) is 35.9 Å². The summed E-state index contributed by atoms with van der Waals surface area (Å²) < 4.78 is 5.58. The van der Waals surface area contributed by atoms with Crippen LogP contribution < -0.4 is 15.4 Å². The van der Waals surface area contributed by atoms with Crippen molar-refractivity contribution in [1.82, 2.24) is 0 Å². The van der Waals surface area contributed by atoms with Crippen molar-refractivity contribution in [3.63, 3.8) is 0 Å². The van der Waals surface area contributed by atoms with Crippen molar-refractivity contribution < 1.29 is 9.53 Å².